The molecule has 0 saturated heterocycles. The fourth-order valence-electron chi connectivity index (χ4n) is 3.08. The van der Waals surface area contributed by atoms with Crippen LogP contribution in [0, 0.1) is 0 Å². The van der Waals surface area contributed by atoms with Crippen molar-refractivity contribution in [1.82, 2.24) is 0 Å². The van der Waals surface area contributed by atoms with Gasteiger partial charge in [-0.25, -0.2) is 0 Å². The second kappa shape index (κ2) is 18.1. The zero-order valence-corrected chi connectivity index (χ0v) is 18.5. The average Bonchev–Trinajstić information content (AvgIpc) is 2.49. The van der Waals surface area contributed by atoms with Gasteiger partial charge in [0.15, 0.2) is 0 Å². The van der Waals surface area contributed by atoms with Crippen LogP contribution in [0.15, 0.2) is 0 Å². The quantitative estimate of drug-likeness (QED) is 0.232. The summed E-state index contributed by atoms with van der Waals surface area (Å²) in [5, 5.41) is 9.84. The van der Waals surface area contributed by atoms with Crippen LogP contribution in [-0.4, -0.2) is 56.0 Å². The number of halogens is 1. The summed E-state index contributed by atoms with van der Waals surface area (Å²) in [4.78, 5) is 11.7. The molecule has 0 aliphatic heterocycles. The third-order valence-corrected chi connectivity index (χ3v) is 4.42. The highest BCUT2D eigenvalue weighted by Crippen LogP contribution is 2.12. The first-order valence-corrected chi connectivity index (χ1v) is 10.5. The molecule has 0 rings (SSSR count). The van der Waals surface area contributed by atoms with Crippen LogP contribution >= 0.6 is 0 Å². The molecule has 158 valence electrons. The van der Waals surface area contributed by atoms with Gasteiger partial charge < -0.3 is 26.7 Å². The monoisotopic (exact) mass is 393 g/mol. The third-order valence-electron chi connectivity index (χ3n) is 4.42. The minimum atomic E-state index is -0.616. The molecule has 0 aliphatic rings. The van der Waals surface area contributed by atoms with E-state index in [0.717, 1.165) is 12.8 Å². The van der Waals surface area contributed by atoms with E-state index in [1.807, 2.05) is 21.1 Å². The second-order valence-electron chi connectivity index (χ2n) is 8.44. The van der Waals surface area contributed by atoms with Gasteiger partial charge >= 0.3 is 5.97 Å². The van der Waals surface area contributed by atoms with Gasteiger partial charge in [-0.15, -0.1) is 0 Å². The smallest absolute Gasteiger partial charge is 0.308 e. The maximum Gasteiger partial charge on any atom is 0.308 e. The molecular formula is C21H44ClNO3. The standard InChI is InChI=1S/C21H44NO3.ClH/c1-5-6-7-8-9-10-11-12-13-14-15-16-17-25-21(24)18-20(23)19-22(2,3)4;/h20,23H,5-19H2,1-4H3;1H/q+1;/p-1. The highest BCUT2D eigenvalue weighted by Gasteiger charge is 2.19. The summed E-state index contributed by atoms with van der Waals surface area (Å²) in [6.45, 7) is 3.32. The fraction of sp³-hybridized carbons (Fsp3) is 0.952. The van der Waals surface area contributed by atoms with Crippen molar-refractivity contribution in [3.05, 3.63) is 0 Å². The Hall–Kier alpha value is -0.320. The Morgan fingerprint density at radius 1 is 0.846 bits per heavy atom. The molecule has 0 spiro atoms. The molecule has 0 aromatic carbocycles. The highest BCUT2D eigenvalue weighted by molar-refractivity contribution is 5.69. The molecule has 1 atom stereocenters. The van der Waals surface area contributed by atoms with Gasteiger partial charge in [-0.3, -0.25) is 4.79 Å². The maximum absolute atomic E-state index is 11.7. The van der Waals surface area contributed by atoms with Crippen molar-refractivity contribution in [2.45, 2.75) is 96.5 Å². The number of likely N-dealkylation sites (N-methyl/N-ethyl adjacent to an activating group) is 1. The highest BCUT2D eigenvalue weighted by atomic mass is 35.5. The number of quaternary nitrogens is 1. The number of hydrogen-bond donors (Lipinski definition) is 1. The van der Waals surface area contributed by atoms with Gasteiger partial charge in [-0.1, -0.05) is 77.6 Å². The van der Waals surface area contributed by atoms with Crippen molar-refractivity contribution < 1.29 is 31.5 Å². The van der Waals surface area contributed by atoms with Gasteiger partial charge in [0.05, 0.1) is 34.2 Å². The van der Waals surface area contributed by atoms with E-state index in [-0.39, 0.29) is 24.8 Å². The Morgan fingerprint density at radius 3 is 1.69 bits per heavy atom. The normalized spacial score (nSPS) is 12.5. The predicted octanol–water partition coefficient (Wildman–Crippen LogP) is 1.69. The van der Waals surface area contributed by atoms with Crippen molar-refractivity contribution in [3.63, 3.8) is 0 Å². The Labute approximate surface area is 168 Å². The lowest BCUT2D eigenvalue weighted by Crippen LogP contribution is -3.00. The Balaban J connectivity index is 0. The molecule has 0 radical (unpaired) electrons. The molecule has 0 heterocycles. The van der Waals surface area contributed by atoms with Crippen LogP contribution < -0.4 is 12.4 Å². The molecule has 1 N–H and O–H groups in total. The zero-order valence-electron chi connectivity index (χ0n) is 17.8. The lowest BCUT2D eigenvalue weighted by molar-refractivity contribution is -0.873. The van der Waals surface area contributed by atoms with Crippen LogP contribution in [0.25, 0.3) is 0 Å². The van der Waals surface area contributed by atoms with E-state index in [0.29, 0.717) is 17.6 Å². The SMILES string of the molecule is CCCCCCCCCCCCCCOC(=O)CC(O)C[N+](C)(C)C.[Cl-]. The van der Waals surface area contributed by atoms with Crippen LogP contribution in [-0.2, 0) is 9.53 Å². The van der Waals surface area contributed by atoms with Crippen molar-refractivity contribution in [2.75, 3.05) is 34.3 Å². The fourth-order valence-corrected chi connectivity index (χ4v) is 3.08. The summed E-state index contributed by atoms with van der Waals surface area (Å²) in [5.74, 6) is -0.274. The van der Waals surface area contributed by atoms with E-state index in [4.69, 9.17) is 4.74 Å². The summed E-state index contributed by atoms with van der Waals surface area (Å²) >= 11 is 0. The summed E-state index contributed by atoms with van der Waals surface area (Å²) in [6.07, 6.45) is 15.1. The molecule has 5 heteroatoms. The van der Waals surface area contributed by atoms with Gasteiger partial charge in [0.2, 0.25) is 0 Å². The van der Waals surface area contributed by atoms with Crippen molar-refractivity contribution >= 4 is 5.97 Å². The molecule has 0 aromatic rings. The molecule has 0 aliphatic carbocycles. The topological polar surface area (TPSA) is 46.5 Å². The molecular weight excluding hydrogens is 350 g/mol. The van der Waals surface area contributed by atoms with Gasteiger partial charge in [-0.2, -0.15) is 0 Å². The van der Waals surface area contributed by atoms with E-state index < -0.39 is 6.10 Å². The molecule has 0 amide bonds. The number of rotatable bonds is 17. The number of unbranched alkanes of at least 4 members (excludes halogenated alkanes) is 11. The van der Waals surface area contributed by atoms with Crippen molar-refractivity contribution in [1.29, 1.82) is 0 Å². The van der Waals surface area contributed by atoms with Gasteiger partial charge in [0, 0.05) is 0 Å². The van der Waals surface area contributed by atoms with Crippen LogP contribution in [0.3, 0.4) is 0 Å². The largest absolute Gasteiger partial charge is 1.00 e. The first kappa shape index (κ1) is 27.9. The first-order chi connectivity index (χ1) is 11.8. The number of aliphatic hydroxyl groups excluding tert-OH is 1. The molecule has 0 bridgehead atoms. The van der Waals surface area contributed by atoms with E-state index in [9.17, 15) is 9.90 Å². The lowest BCUT2D eigenvalue weighted by Gasteiger charge is -2.26. The molecule has 4 nitrogen and oxygen atoms in total. The molecule has 0 fully saturated rings. The number of carbonyl (C=O) groups excluding carboxylic acids is 1. The zero-order chi connectivity index (χ0) is 19.0. The van der Waals surface area contributed by atoms with E-state index in [1.54, 1.807) is 0 Å². The van der Waals surface area contributed by atoms with E-state index in [1.165, 1.54) is 64.2 Å². The maximum atomic E-state index is 11.7. The summed E-state index contributed by atoms with van der Waals surface area (Å²) < 4.78 is 5.86. The second-order valence-corrected chi connectivity index (χ2v) is 8.44. The average molecular weight is 394 g/mol. The molecule has 0 aromatic heterocycles. The summed E-state index contributed by atoms with van der Waals surface area (Å²) in [7, 11) is 6.00. The van der Waals surface area contributed by atoms with Crippen molar-refractivity contribution in [2.24, 2.45) is 0 Å². The van der Waals surface area contributed by atoms with Gasteiger partial charge in [-0.05, 0) is 6.42 Å². The number of aliphatic hydroxyl groups is 1. The van der Waals surface area contributed by atoms with Crippen LogP contribution in [0.5, 0.6) is 0 Å². The van der Waals surface area contributed by atoms with Crippen LogP contribution in [0.2, 0.25) is 0 Å². The number of ether oxygens (including phenoxy) is 1. The van der Waals surface area contributed by atoms with Crippen LogP contribution in [0.1, 0.15) is 90.4 Å². The van der Waals surface area contributed by atoms with Gasteiger partial charge in [0.25, 0.3) is 0 Å². The van der Waals surface area contributed by atoms with Crippen molar-refractivity contribution in [3.8, 4) is 0 Å². The molecule has 0 saturated carbocycles. The first-order valence-electron chi connectivity index (χ1n) is 10.5. The number of hydrogen-bond acceptors (Lipinski definition) is 3. The van der Waals surface area contributed by atoms with Crippen LogP contribution in [0.4, 0.5) is 0 Å². The minimum absolute atomic E-state index is 0. The number of esters is 1. The van der Waals surface area contributed by atoms with E-state index >= 15 is 0 Å². The summed E-state index contributed by atoms with van der Waals surface area (Å²) in [6, 6.07) is 0. The Bertz CT molecular complexity index is 319. The number of nitrogens with zero attached hydrogens (tertiary/aromatic N) is 1. The lowest BCUT2D eigenvalue weighted by atomic mass is 10.1. The Morgan fingerprint density at radius 2 is 1.27 bits per heavy atom. The third kappa shape index (κ3) is 21.7. The number of carbonyl (C=O) groups is 1. The van der Waals surface area contributed by atoms with Gasteiger partial charge in [0.1, 0.15) is 12.6 Å². The minimum Gasteiger partial charge on any atom is -1.00 e. The summed E-state index contributed by atoms with van der Waals surface area (Å²) in [5.41, 5.74) is 0. The molecule has 26 heavy (non-hydrogen) atoms. The Kier molecular flexibility index (Phi) is 19.4. The molecule has 1 unspecified atom stereocenters. The predicted molar refractivity (Wildman–Crippen MR) is 106 cm³/mol. The van der Waals surface area contributed by atoms with E-state index in [2.05, 4.69) is 6.92 Å².